The first kappa shape index (κ1) is 137. The van der Waals surface area contributed by atoms with Gasteiger partial charge in [-0.2, -0.15) is 0 Å². The van der Waals surface area contributed by atoms with E-state index in [1.807, 2.05) is 0 Å². The van der Waals surface area contributed by atoms with Crippen molar-refractivity contribution in [1.29, 1.82) is 0 Å². The van der Waals surface area contributed by atoms with Crippen molar-refractivity contribution in [3.63, 3.8) is 0 Å². The molecule has 0 aliphatic rings. The predicted molar refractivity (Wildman–Crippen MR) is 91.4 cm³/mol. The van der Waals surface area contributed by atoms with E-state index in [0.717, 1.165) is 9.83 Å². The van der Waals surface area contributed by atoms with Gasteiger partial charge in [-0.1, -0.05) is 0 Å². The van der Waals surface area contributed by atoms with Gasteiger partial charge in [0.2, 0.25) is 0 Å². The Bertz CT molecular complexity index is 291. The summed E-state index contributed by atoms with van der Waals surface area (Å²) in [5.41, 5.74) is 0. The molecule has 0 N–H and O–H groups in total. The summed E-state index contributed by atoms with van der Waals surface area (Å²) in [5.74, 6) is 0. The molecule has 0 radical (unpaired) electrons. The van der Waals surface area contributed by atoms with E-state index in [2.05, 4.69) is 23.3 Å². The summed E-state index contributed by atoms with van der Waals surface area (Å²) in [6.07, 6.45) is 0. The van der Waals surface area contributed by atoms with E-state index in [9.17, 15) is 0 Å². The molecule has 212 valence electrons. The van der Waals surface area contributed by atoms with Crippen LogP contribution in [0.15, 0.2) is 0 Å². The Morgan fingerprint density at radius 2 is 0.213 bits per heavy atom. The van der Waals surface area contributed by atoms with Gasteiger partial charge in [-0.25, -0.2) is 0 Å². The second-order valence-corrected chi connectivity index (χ2v) is 10.8. The van der Waals surface area contributed by atoms with Crippen LogP contribution >= 0.6 is 9.83 Å². The molecule has 0 aromatic carbocycles. The van der Waals surface area contributed by atoms with Gasteiger partial charge in [0.1, 0.15) is 0 Å². The predicted octanol–water partition coefficient (Wildman–Crippen LogP) is -56.4. The van der Waals surface area contributed by atoms with E-state index < -0.39 is 54.3 Å². The Balaban J connectivity index is -0.00000000844. The van der Waals surface area contributed by atoms with Crippen LogP contribution in [0.3, 0.4) is 0 Å². The fraction of sp³-hybridized carbons (Fsp3) is 0. The standard InChI is InChI=1S/6Al.8Na.6O4Si.H2S3/c;;;;;;;;;;;;;;6*1-5(2,3)4;1-3-2/h;;;;;;;;;;;;;;;;;;;;1-2H/q6*+3;8*+1;6*-4;/p-2. The van der Waals surface area contributed by atoms with Crippen molar-refractivity contribution in [2.24, 2.45) is 0 Å². The van der Waals surface area contributed by atoms with Gasteiger partial charge in [-0.15, -0.1) is 0 Å². The average Bonchev–Trinajstić information content (AvgIpc) is 2.11. The van der Waals surface area contributed by atoms with Crippen molar-refractivity contribution in [1.82, 2.24) is 0 Å². The number of hydrogen-bond donors (Lipinski definition) is 0. The summed E-state index contributed by atoms with van der Waals surface area (Å²) in [7, 11) is -32.8. The number of rotatable bonds is 0. The van der Waals surface area contributed by atoms with Crippen molar-refractivity contribution in [2.45, 2.75) is 0 Å². The van der Waals surface area contributed by atoms with Crippen LogP contribution in [-0.2, 0) is 23.3 Å². The van der Waals surface area contributed by atoms with Gasteiger partial charge in [0, 0.05) is 0 Å². The van der Waals surface area contributed by atoms with Crippen LogP contribution < -0.4 is 352 Å². The van der Waals surface area contributed by atoms with Gasteiger partial charge in [-0.05, 0) is 0 Å². The molecule has 0 atom stereocenters. The molecule has 24 nitrogen and oxygen atoms in total. The van der Waals surface area contributed by atoms with Crippen LogP contribution in [-0.4, -0.2) is 158 Å². The van der Waals surface area contributed by atoms with E-state index in [0.29, 0.717) is 0 Å². The largest absolute Gasteiger partial charge is 3.00 e. The van der Waals surface area contributed by atoms with Crippen molar-refractivity contribution in [3.8, 4) is 0 Å². The van der Waals surface area contributed by atoms with Gasteiger partial charge < -0.3 is 203 Å². The summed E-state index contributed by atoms with van der Waals surface area (Å²) in [6.45, 7) is 0. The zero-order chi connectivity index (χ0) is 29.7. The summed E-state index contributed by atoms with van der Waals surface area (Å²) in [5, 5.41) is 0. The summed E-state index contributed by atoms with van der Waals surface area (Å²) >= 11 is 8.25. The summed E-state index contributed by atoms with van der Waals surface area (Å²) < 4.78 is 0. The van der Waals surface area contributed by atoms with Gasteiger partial charge in [0.25, 0.3) is 0 Å². The minimum atomic E-state index is -5.61. The van der Waals surface area contributed by atoms with Crippen molar-refractivity contribution in [3.05, 3.63) is 0 Å². The molecule has 0 aliphatic heterocycles. The zero-order valence-electron chi connectivity index (χ0n) is 25.5. The first-order valence-corrected chi connectivity index (χ1v) is 17.7. The van der Waals surface area contributed by atoms with E-state index in [-0.39, 0.29) is 341 Å². The normalized spacial score (nSPS) is 8.04. The molecule has 0 rings (SSSR count). The Kier molecular flexibility index (Phi) is 231. The van der Waals surface area contributed by atoms with Crippen molar-refractivity contribution < 1.29 is 352 Å². The first-order valence-electron chi connectivity index (χ1n) is 5.23. The molecular formula is Al6Na8O24S3Si6. The first-order chi connectivity index (χ1) is 13.4. The van der Waals surface area contributed by atoms with E-state index in [1.165, 1.54) is 0 Å². The van der Waals surface area contributed by atoms with Crippen LogP contribution in [0.5, 0.6) is 0 Å². The Morgan fingerprint density at radius 3 is 0.213 bits per heavy atom. The van der Waals surface area contributed by atoms with Crippen LogP contribution in [0.1, 0.15) is 0 Å². The molecule has 0 unspecified atom stereocenters. The molecule has 0 spiro atoms. The fourth-order valence-electron chi connectivity index (χ4n) is 0. The molecule has 0 saturated heterocycles. The molecule has 0 bridgehead atoms. The molecule has 47 heteroatoms. The smallest absolute Gasteiger partial charge is 0.894 e. The van der Waals surface area contributed by atoms with E-state index >= 15 is 0 Å². The van der Waals surface area contributed by atoms with E-state index in [4.69, 9.17) is 115 Å². The van der Waals surface area contributed by atoms with Crippen molar-refractivity contribution in [2.75, 3.05) is 0 Å². The molecule has 0 heterocycles. The second-order valence-electron chi connectivity index (χ2n) is 3.07. The zero-order valence-corrected chi connectivity index (χ0v) is 56.9. The maximum absolute atomic E-state index is 8.58. The Hall–Kier alpha value is 12.6. The third-order valence-corrected chi connectivity index (χ3v) is 0. The minimum Gasteiger partial charge on any atom is -0.894 e. The minimum absolute atomic E-state index is 0. The second kappa shape index (κ2) is 79.0. The third-order valence-electron chi connectivity index (χ3n) is 0. The topological polar surface area (TPSA) is 553 Å². The molecule has 0 aliphatic carbocycles. The molecule has 0 aromatic rings. The van der Waals surface area contributed by atoms with Gasteiger partial charge in [0.05, 0.1) is 0 Å². The third kappa shape index (κ3) is 1180. The molecule has 47 heavy (non-hydrogen) atoms. The summed E-state index contributed by atoms with van der Waals surface area (Å²) in [6, 6.07) is 0. The van der Waals surface area contributed by atoms with E-state index in [1.54, 1.807) is 0 Å². The van der Waals surface area contributed by atoms with Crippen LogP contribution in [0.2, 0.25) is 0 Å². The van der Waals surface area contributed by atoms with Crippen LogP contribution in [0.25, 0.3) is 0 Å². The SMILES string of the molecule is [Al+3].[Al+3].[Al+3].[Al+3].[Al+3].[Al+3].[Na+].[Na+].[Na+].[Na+].[Na+].[Na+].[Na+].[Na+].[O-][Si]([O-])([O-])[O-].[O-][Si]([O-])([O-])[O-].[O-][Si]([O-])([O-])[O-].[O-][Si]([O-])([O-])[O-].[O-][Si]([O-])([O-])[O-].[O-][Si]([O-])([O-])[O-].[S-]S[S-]. The fourth-order valence-corrected chi connectivity index (χ4v) is 0. The summed E-state index contributed by atoms with van der Waals surface area (Å²) in [4.78, 5) is 206. The molecule has 0 aromatic heterocycles. The Morgan fingerprint density at radius 1 is 0.213 bits per heavy atom. The molecule has 0 saturated carbocycles. The van der Waals surface area contributed by atoms with Gasteiger partial charge >= 0.3 is 341 Å². The molecule has 0 fully saturated rings. The molecule has 0 amide bonds. The average molecular weight is 995 g/mol. The number of hydrogen-bond acceptors (Lipinski definition) is 27. The maximum atomic E-state index is 8.58. The monoisotopic (exact) mass is 993 g/mol. The molecular weight excluding hydrogens is 995 g/mol. The van der Waals surface area contributed by atoms with Crippen molar-refractivity contribution >= 4 is 192 Å². The maximum Gasteiger partial charge on any atom is 3.00 e. The van der Waals surface area contributed by atoms with Gasteiger partial charge in [-0.3, -0.25) is 0 Å². The van der Waals surface area contributed by atoms with Gasteiger partial charge in [0.15, 0.2) is 0 Å². The van der Waals surface area contributed by atoms with Crippen LogP contribution in [0.4, 0.5) is 0 Å². The Labute approximate surface area is 530 Å². The quantitative estimate of drug-likeness (QED) is 0.123. The van der Waals surface area contributed by atoms with Crippen LogP contribution in [0, 0.1) is 0 Å².